The van der Waals surface area contributed by atoms with Gasteiger partial charge in [0.15, 0.2) is 0 Å². The second kappa shape index (κ2) is 6.75. The number of hydrogen-bond donors (Lipinski definition) is 2. The van der Waals surface area contributed by atoms with Crippen molar-refractivity contribution in [2.24, 2.45) is 0 Å². The number of nitrogens with two attached hydrogens (primary N) is 1. The maximum Gasteiger partial charge on any atom is 0.238 e. The molecule has 1 amide bonds. The highest BCUT2D eigenvalue weighted by molar-refractivity contribution is 5.93. The lowest BCUT2D eigenvalue weighted by atomic mass is 9.94. The Labute approximate surface area is 121 Å². The Bertz CT molecular complexity index is 467. The number of benzene rings is 1. The minimum Gasteiger partial charge on any atom is -0.399 e. The maximum absolute atomic E-state index is 12.1. The molecule has 1 aliphatic rings. The van der Waals surface area contributed by atoms with E-state index in [-0.39, 0.29) is 5.91 Å². The van der Waals surface area contributed by atoms with Gasteiger partial charge in [0, 0.05) is 17.4 Å². The Hall–Kier alpha value is -1.55. The molecule has 1 fully saturated rings. The van der Waals surface area contributed by atoms with Gasteiger partial charge in [0.2, 0.25) is 5.91 Å². The van der Waals surface area contributed by atoms with Gasteiger partial charge < -0.3 is 11.1 Å². The third kappa shape index (κ3) is 3.97. The van der Waals surface area contributed by atoms with Crippen LogP contribution in [0.3, 0.4) is 0 Å². The average Bonchev–Trinajstić information content (AvgIpc) is 2.43. The third-order valence-corrected chi connectivity index (χ3v) is 4.12. The Morgan fingerprint density at radius 3 is 2.70 bits per heavy atom. The van der Waals surface area contributed by atoms with Crippen LogP contribution in [-0.2, 0) is 4.79 Å². The summed E-state index contributed by atoms with van der Waals surface area (Å²) in [6.45, 7) is 2.41. The van der Waals surface area contributed by atoms with Crippen LogP contribution in [0.4, 0.5) is 11.4 Å². The van der Waals surface area contributed by atoms with E-state index in [1.807, 2.05) is 32.2 Å². The average molecular weight is 275 g/mol. The van der Waals surface area contributed by atoms with Crippen LogP contribution < -0.4 is 11.1 Å². The molecule has 1 saturated carbocycles. The predicted octanol–water partition coefficient (Wildman–Crippen LogP) is 2.78. The minimum absolute atomic E-state index is 0.0472. The van der Waals surface area contributed by atoms with Crippen LogP contribution in [0.15, 0.2) is 18.2 Å². The number of nitrogens with one attached hydrogen (secondary N) is 1. The van der Waals surface area contributed by atoms with Gasteiger partial charge in [0.05, 0.1) is 6.54 Å². The van der Waals surface area contributed by atoms with E-state index in [2.05, 4.69) is 10.2 Å². The van der Waals surface area contributed by atoms with Gasteiger partial charge >= 0.3 is 0 Å². The molecule has 0 aromatic heterocycles. The smallest absolute Gasteiger partial charge is 0.238 e. The predicted molar refractivity (Wildman–Crippen MR) is 83.7 cm³/mol. The molecule has 0 aliphatic heterocycles. The lowest BCUT2D eigenvalue weighted by Gasteiger charge is -2.30. The quantitative estimate of drug-likeness (QED) is 0.831. The Balaban J connectivity index is 1.88. The first kappa shape index (κ1) is 14.9. The number of amides is 1. The molecule has 110 valence electrons. The summed E-state index contributed by atoms with van der Waals surface area (Å²) >= 11 is 0. The van der Waals surface area contributed by atoms with E-state index in [0.29, 0.717) is 12.6 Å². The van der Waals surface area contributed by atoms with Gasteiger partial charge in [0.25, 0.3) is 0 Å². The fraction of sp³-hybridized carbons (Fsp3) is 0.562. The van der Waals surface area contributed by atoms with E-state index in [9.17, 15) is 4.79 Å². The number of hydrogen-bond acceptors (Lipinski definition) is 3. The van der Waals surface area contributed by atoms with Crippen LogP contribution in [0.2, 0.25) is 0 Å². The number of aryl methyl sites for hydroxylation is 1. The lowest BCUT2D eigenvalue weighted by molar-refractivity contribution is -0.117. The van der Waals surface area contributed by atoms with Crippen LogP contribution in [-0.4, -0.2) is 30.4 Å². The molecule has 0 atom stereocenters. The molecule has 0 unspecified atom stereocenters. The second-order valence-corrected chi connectivity index (χ2v) is 5.83. The van der Waals surface area contributed by atoms with Gasteiger partial charge in [-0.25, -0.2) is 0 Å². The van der Waals surface area contributed by atoms with Gasteiger partial charge in [0.1, 0.15) is 0 Å². The summed E-state index contributed by atoms with van der Waals surface area (Å²) in [5.74, 6) is 0.0472. The standard InChI is InChI=1S/C16H25N3O/c1-12-10-13(17)8-9-15(12)18-16(20)11-19(2)14-6-4-3-5-7-14/h8-10,14H,3-7,11,17H2,1-2H3,(H,18,20). The zero-order valence-electron chi connectivity index (χ0n) is 12.5. The molecular formula is C16H25N3O. The molecule has 0 saturated heterocycles. The zero-order valence-corrected chi connectivity index (χ0v) is 12.5. The van der Waals surface area contributed by atoms with Crippen molar-refractivity contribution in [2.45, 2.75) is 45.1 Å². The first-order valence-corrected chi connectivity index (χ1v) is 7.42. The van der Waals surface area contributed by atoms with E-state index in [0.717, 1.165) is 16.9 Å². The normalized spacial score (nSPS) is 16.4. The van der Waals surface area contributed by atoms with Crippen LogP contribution in [0.5, 0.6) is 0 Å². The maximum atomic E-state index is 12.1. The fourth-order valence-electron chi connectivity index (χ4n) is 2.89. The summed E-state index contributed by atoms with van der Waals surface area (Å²) in [6.07, 6.45) is 6.33. The van der Waals surface area contributed by atoms with Crippen molar-refractivity contribution in [3.05, 3.63) is 23.8 Å². The second-order valence-electron chi connectivity index (χ2n) is 5.83. The van der Waals surface area contributed by atoms with Crippen LogP contribution >= 0.6 is 0 Å². The number of carbonyl (C=O) groups is 1. The molecule has 1 aromatic rings. The molecule has 0 spiro atoms. The number of anilines is 2. The van der Waals surface area contributed by atoms with Crippen molar-refractivity contribution in [1.29, 1.82) is 0 Å². The molecule has 0 heterocycles. The van der Waals surface area contributed by atoms with Crippen molar-refractivity contribution in [3.63, 3.8) is 0 Å². The highest BCUT2D eigenvalue weighted by Gasteiger charge is 2.19. The highest BCUT2D eigenvalue weighted by Crippen LogP contribution is 2.22. The van der Waals surface area contributed by atoms with Crippen molar-refractivity contribution in [3.8, 4) is 0 Å². The first-order chi connectivity index (χ1) is 9.56. The number of carbonyl (C=O) groups excluding carboxylic acids is 1. The first-order valence-electron chi connectivity index (χ1n) is 7.42. The summed E-state index contributed by atoms with van der Waals surface area (Å²) in [6, 6.07) is 6.11. The summed E-state index contributed by atoms with van der Waals surface area (Å²) in [5.41, 5.74) is 8.28. The summed E-state index contributed by atoms with van der Waals surface area (Å²) < 4.78 is 0. The van der Waals surface area contributed by atoms with E-state index in [1.54, 1.807) is 0 Å². The Morgan fingerprint density at radius 1 is 1.35 bits per heavy atom. The molecule has 4 nitrogen and oxygen atoms in total. The number of likely N-dealkylation sites (N-methyl/N-ethyl adjacent to an activating group) is 1. The van der Waals surface area contributed by atoms with E-state index in [4.69, 9.17) is 5.73 Å². The SMILES string of the molecule is Cc1cc(N)ccc1NC(=O)CN(C)C1CCCCC1. The van der Waals surface area contributed by atoms with Gasteiger partial charge in [-0.1, -0.05) is 19.3 Å². The largest absolute Gasteiger partial charge is 0.399 e. The molecule has 20 heavy (non-hydrogen) atoms. The Morgan fingerprint density at radius 2 is 2.05 bits per heavy atom. The molecule has 1 aromatic carbocycles. The molecule has 0 bridgehead atoms. The Kier molecular flexibility index (Phi) is 5.01. The molecule has 2 rings (SSSR count). The number of nitrogens with zero attached hydrogens (tertiary/aromatic N) is 1. The highest BCUT2D eigenvalue weighted by atomic mass is 16.2. The van der Waals surface area contributed by atoms with E-state index < -0.39 is 0 Å². The van der Waals surface area contributed by atoms with Crippen molar-refractivity contribution in [2.75, 3.05) is 24.6 Å². The van der Waals surface area contributed by atoms with Crippen molar-refractivity contribution < 1.29 is 4.79 Å². The van der Waals surface area contributed by atoms with Gasteiger partial charge in [-0.3, -0.25) is 9.69 Å². The molecule has 1 aliphatic carbocycles. The van der Waals surface area contributed by atoms with Crippen LogP contribution in [0.25, 0.3) is 0 Å². The summed E-state index contributed by atoms with van der Waals surface area (Å²) in [7, 11) is 2.05. The molecular weight excluding hydrogens is 250 g/mol. The van der Waals surface area contributed by atoms with Crippen LogP contribution in [0.1, 0.15) is 37.7 Å². The van der Waals surface area contributed by atoms with E-state index in [1.165, 1.54) is 32.1 Å². The third-order valence-electron chi connectivity index (χ3n) is 4.12. The van der Waals surface area contributed by atoms with Gasteiger partial charge in [-0.2, -0.15) is 0 Å². The van der Waals surface area contributed by atoms with Gasteiger partial charge in [-0.05, 0) is 50.6 Å². The minimum atomic E-state index is 0.0472. The summed E-state index contributed by atoms with van der Waals surface area (Å²) in [4.78, 5) is 14.3. The summed E-state index contributed by atoms with van der Waals surface area (Å²) in [5, 5.41) is 2.97. The number of nitrogen functional groups attached to an aromatic ring is 1. The topological polar surface area (TPSA) is 58.4 Å². The van der Waals surface area contributed by atoms with Crippen LogP contribution in [0, 0.1) is 6.92 Å². The monoisotopic (exact) mass is 275 g/mol. The van der Waals surface area contributed by atoms with Crippen molar-refractivity contribution >= 4 is 17.3 Å². The number of rotatable bonds is 4. The zero-order chi connectivity index (χ0) is 14.5. The fourth-order valence-corrected chi connectivity index (χ4v) is 2.89. The van der Waals surface area contributed by atoms with Crippen molar-refractivity contribution in [1.82, 2.24) is 4.90 Å². The van der Waals surface area contributed by atoms with E-state index >= 15 is 0 Å². The lowest BCUT2D eigenvalue weighted by Crippen LogP contribution is -2.39. The molecule has 3 N–H and O–H groups in total. The molecule has 4 heteroatoms. The molecule has 0 radical (unpaired) electrons. The van der Waals surface area contributed by atoms with Gasteiger partial charge in [-0.15, -0.1) is 0 Å².